The molecule has 0 N–H and O–H groups in total. The number of rotatable bonds is 8. The summed E-state index contributed by atoms with van der Waals surface area (Å²) in [4.78, 5) is 0. The molecule has 0 fully saturated rings. The molecule has 4 aliphatic rings. The molecule has 140 heavy (non-hydrogen) atoms. The lowest BCUT2D eigenvalue weighted by atomic mass is 9.90. The maximum atomic E-state index is 2.59. The minimum absolute atomic E-state index is 0.112. The van der Waals surface area contributed by atoms with Crippen LogP contribution in [0.3, 0.4) is 0 Å². The summed E-state index contributed by atoms with van der Waals surface area (Å²) < 4.78 is 0. The van der Waals surface area contributed by atoms with Gasteiger partial charge in [-0.05, 0) is 268 Å². The zero-order valence-corrected chi connectivity index (χ0v) is 85.9. The van der Waals surface area contributed by atoms with Crippen molar-refractivity contribution in [3.63, 3.8) is 0 Å². The second kappa shape index (κ2) is 32.4. The lowest BCUT2D eigenvalue weighted by Crippen LogP contribution is -2.73. The number of fused-ring (bicyclic) bond motifs is 12. The molecule has 0 radical (unpaired) electrons. The molecule has 0 unspecified atom stereocenters. The van der Waals surface area contributed by atoms with Crippen molar-refractivity contribution >= 4 is 224 Å². The van der Waals surface area contributed by atoms with Gasteiger partial charge in [0.2, 0.25) is 0 Å². The summed E-state index contributed by atoms with van der Waals surface area (Å²) in [6.45, 7) is 30.0. The predicted molar refractivity (Wildman–Crippen MR) is 621 cm³/mol. The number of hydrogen-bond acceptors (Lipinski definition) is 0. The third-order valence-corrected chi connectivity index (χ3v) is 56.4. The average molecular weight is 1860 g/mol. The van der Waals surface area contributed by atoms with Gasteiger partial charge in [0.05, 0.1) is 0 Å². The summed E-state index contributed by atoms with van der Waals surface area (Å²) in [5.41, 5.74) is 10.3. The zero-order valence-electron chi connectivity index (χ0n) is 81.9. The van der Waals surface area contributed by atoms with Gasteiger partial charge in [-0.15, -0.1) is 0 Å². The molecule has 0 amide bonds. The van der Waals surface area contributed by atoms with Gasteiger partial charge in [-0.3, -0.25) is 0 Å². The van der Waals surface area contributed by atoms with Crippen LogP contribution in [0.5, 0.6) is 0 Å². The van der Waals surface area contributed by atoms with Crippen molar-refractivity contribution in [3.8, 4) is 44.5 Å². The fourth-order valence-electron chi connectivity index (χ4n) is 28.5. The topological polar surface area (TPSA) is 0 Å². The summed E-state index contributed by atoms with van der Waals surface area (Å²) in [6, 6.07) is 173. The summed E-state index contributed by atoms with van der Waals surface area (Å²) in [5, 5.41) is 53.1. The van der Waals surface area contributed by atoms with Crippen LogP contribution in [0.4, 0.5) is 0 Å². The maximum absolute atomic E-state index is 2.72. The molecule has 28 rings (SSSR count). The van der Waals surface area contributed by atoms with Gasteiger partial charge in [0.25, 0.3) is 0 Å². The Morgan fingerprint density at radius 3 is 0.564 bits per heavy atom. The Kier molecular flexibility index (Phi) is 20.1. The molecule has 4 heteroatoms. The minimum Gasteiger partial charge on any atom is -0.0623 e. The molecule has 672 valence electrons. The number of hydrogen-bond donors (Lipinski definition) is 0. The largest absolute Gasteiger partial charge is 0.180 e. The Morgan fingerprint density at radius 2 is 0.300 bits per heavy atom. The van der Waals surface area contributed by atoms with E-state index in [1.54, 1.807) is 31.5 Å². The second-order valence-corrected chi connectivity index (χ2v) is 62.4. The van der Waals surface area contributed by atoms with E-state index >= 15 is 0 Å². The van der Waals surface area contributed by atoms with Crippen LogP contribution in [0, 0.1) is 0 Å². The Hall–Kier alpha value is -14.7. The van der Waals surface area contributed by atoms with E-state index in [9.17, 15) is 0 Å². The molecule has 24 aromatic carbocycles. The first-order valence-electron chi connectivity index (χ1n) is 50.2. The first-order valence-corrected chi connectivity index (χ1v) is 58.2. The van der Waals surface area contributed by atoms with Crippen molar-refractivity contribution in [3.05, 3.63) is 461 Å². The summed E-state index contributed by atoms with van der Waals surface area (Å²) >= 11 is 0. The fourth-order valence-corrected chi connectivity index (χ4v) is 54.5. The molecular formula is C136H112Si4. The lowest BCUT2D eigenvalue weighted by Gasteiger charge is -2.51. The van der Waals surface area contributed by atoms with Crippen molar-refractivity contribution in [1.29, 1.82) is 0 Å². The zero-order chi connectivity index (χ0) is 95.1. The van der Waals surface area contributed by atoms with Crippen LogP contribution < -0.4 is 62.2 Å². The Morgan fingerprint density at radius 1 is 0.121 bits per heavy atom. The first kappa shape index (κ1) is 86.8. The highest BCUT2D eigenvalue weighted by Crippen LogP contribution is 2.59. The Bertz CT molecular complexity index is 8660. The van der Waals surface area contributed by atoms with E-state index in [0.717, 1.165) is 0 Å². The molecule has 0 atom stereocenters. The number of benzene rings is 24. The monoisotopic (exact) mass is 1860 g/mol. The lowest BCUT2D eigenvalue weighted by molar-refractivity contribution is 0.637. The molecule has 24 aromatic rings. The summed E-state index contributed by atoms with van der Waals surface area (Å²) in [7, 11) is -9.51. The van der Waals surface area contributed by atoms with Gasteiger partial charge in [-0.1, -0.05) is 532 Å². The van der Waals surface area contributed by atoms with Crippen LogP contribution >= 0.6 is 0 Å². The predicted octanol–water partition coefficient (Wildman–Crippen LogP) is 29.6. The van der Waals surface area contributed by atoms with Gasteiger partial charge in [-0.2, -0.15) is 0 Å². The SMILES string of the molecule is CC(C)(C)[Si]1(C(C)(C)C)c2cc(-c3ccccc3)cc3c4ccccc4c4cc(-c5ccccc5)cc1c4c23.CC(C)(C)[Si]1(C(C)(C)C)c2cccc3c4ccccc4c4cccc1c4c23.c1ccc(-c2cccc([Si]3(c4cccc(-c5ccccc5)c4)c4cccc5c6ccccc6c6cccc3c6c45)c2)cc1.c1ccc([Si]2(c3ccccc3)c3cccc4c5ccccc5c5cccc2c5c34)cc1. The van der Waals surface area contributed by atoms with Crippen LogP contribution in [0.25, 0.3) is 174 Å². The van der Waals surface area contributed by atoms with Gasteiger partial charge in [0.1, 0.15) is 16.1 Å². The van der Waals surface area contributed by atoms with Gasteiger partial charge < -0.3 is 0 Å². The highest BCUT2D eigenvalue weighted by molar-refractivity contribution is 7.24. The van der Waals surface area contributed by atoms with E-state index in [1.807, 2.05) is 0 Å². The Balaban J connectivity index is 0.0000001000. The molecule has 0 bridgehead atoms. The minimum atomic E-state index is -2.72. The second-order valence-electron chi connectivity index (χ2n) is 43.8. The molecule has 4 heterocycles. The molecule has 4 aliphatic heterocycles. The van der Waals surface area contributed by atoms with Crippen LogP contribution in [-0.2, 0) is 0 Å². The maximum Gasteiger partial charge on any atom is 0.180 e. The Labute approximate surface area is 826 Å². The fraction of sp³-hybridized carbons (Fsp3) is 0.118. The third kappa shape index (κ3) is 12.4. The van der Waals surface area contributed by atoms with Crippen molar-refractivity contribution < 1.29 is 0 Å². The van der Waals surface area contributed by atoms with Crippen molar-refractivity contribution in [2.45, 2.75) is 103 Å². The molecule has 0 aromatic heterocycles. The van der Waals surface area contributed by atoms with Gasteiger partial charge in [0.15, 0.2) is 16.1 Å². The third-order valence-electron chi connectivity index (χ3n) is 32.9. The van der Waals surface area contributed by atoms with Crippen LogP contribution in [0.15, 0.2) is 461 Å². The van der Waals surface area contributed by atoms with E-state index < -0.39 is 32.3 Å². The van der Waals surface area contributed by atoms with Gasteiger partial charge in [-0.25, -0.2) is 0 Å². The summed E-state index contributed by atoms with van der Waals surface area (Å²) in [5.74, 6) is 0. The molecule has 0 aliphatic carbocycles. The van der Waals surface area contributed by atoms with E-state index in [0.29, 0.717) is 0 Å². The highest BCUT2D eigenvalue weighted by atomic mass is 28.3. The molecular weight excluding hydrogens is 1750 g/mol. The molecule has 0 nitrogen and oxygen atoms in total. The van der Waals surface area contributed by atoms with Gasteiger partial charge in [0, 0.05) is 0 Å². The highest BCUT2D eigenvalue weighted by Gasteiger charge is 2.62. The van der Waals surface area contributed by atoms with Gasteiger partial charge >= 0.3 is 0 Å². The standard InChI is InChI=1S/C42H28Si.C38H36Si.C30H20Si.C26H28Si/c1-3-13-29(14-4-1)31-17-9-19-33(27-31)43(34-20-10-18-32(28-34)30-15-5-2-6-16-30)39-25-11-23-37-35-21-7-8-22-36(35)38-24-12-26-40(43)42(38)41(37)39;1-37(2,3)39(38(4,5)6)33-23-27(25-15-9-7-10-16-25)21-31-29-19-13-14-20-30(29)32-22-28(26-17-11-8-12-18-26)24-34(39)36(32)35(31)33;1-3-11-21(12-4-1)31(22-13-5-2-6-14-22)27-19-9-17-25-23-15-7-8-16-24(23)26-18-10-20-28(31)30(26)29(25)27;1-25(2,3)27(26(4,5)6)21-15-9-13-19-17-11-7-8-12-18(17)20-14-10-16-22(27)24(20)23(19)21/h1-28H;7-24H,1-6H3;1-20H;7-16H,1-6H3. The van der Waals surface area contributed by atoms with Crippen molar-refractivity contribution in [2.75, 3.05) is 0 Å². The van der Waals surface area contributed by atoms with Crippen LogP contribution in [0.1, 0.15) is 83.1 Å². The van der Waals surface area contributed by atoms with Crippen molar-refractivity contribution in [2.24, 2.45) is 0 Å². The summed E-state index contributed by atoms with van der Waals surface area (Å²) in [6.07, 6.45) is 0. The van der Waals surface area contributed by atoms with E-state index in [1.165, 1.54) is 204 Å². The first-order chi connectivity index (χ1) is 68.1. The smallest absolute Gasteiger partial charge is 0.0623 e. The molecule has 0 saturated heterocycles. The average Bonchev–Trinajstić information content (AvgIpc) is 1.51. The van der Waals surface area contributed by atoms with E-state index in [4.69, 9.17) is 0 Å². The van der Waals surface area contributed by atoms with E-state index in [2.05, 4.69) is 544 Å². The normalized spacial score (nSPS) is 14.4. The quantitative estimate of drug-likeness (QED) is 0.105. The van der Waals surface area contributed by atoms with Crippen LogP contribution in [-0.4, -0.2) is 32.3 Å². The van der Waals surface area contributed by atoms with Crippen LogP contribution in [0.2, 0.25) is 20.2 Å². The molecule has 0 spiro atoms. The van der Waals surface area contributed by atoms with Crippen molar-refractivity contribution in [1.82, 2.24) is 0 Å². The van der Waals surface area contributed by atoms with E-state index in [-0.39, 0.29) is 20.2 Å². The molecule has 0 saturated carbocycles.